The molecule has 2 amide bonds. The Kier molecular flexibility index (Phi) is 6.86. The number of hydrogen-bond donors (Lipinski definition) is 1. The third kappa shape index (κ3) is 4.28. The first kappa shape index (κ1) is 27.8. The summed E-state index contributed by atoms with van der Waals surface area (Å²) in [6.45, 7) is 6.62. The SMILES string of the molecule is Cc1cc2c(nc(OC(C)[C@@H]3CCCN3C)c3cc(CN4CCOCC4=O)n([C@H]4[C@@H]5C[C@H]4N(C(=O)O)C5)c32)c(F)c1Br. The van der Waals surface area contributed by atoms with E-state index in [9.17, 15) is 14.7 Å². The quantitative estimate of drug-likeness (QED) is 0.421. The van der Waals surface area contributed by atoms with E-state index in [1.807, 2.05) is 26.0 Å². The maximum Gasteiger partial charge on any atom is 0.407 e. The Balaban J connectivity index is 1.45. The number of nitrogens with zero attached hydrogens (tertiary/aromatic N) is 5. The molecule has 5 atom stereocenters. The van der Waals surface area contributed by atoms with E-state index in [4.69, 9.17) is 14.5 Å². The number of amides is 2. The molecule has 1 unspecified atom stereocenters. The Morgan fingerprint density at radius 3 is 2.81 bits per heavy atom. The summed E-state index contributed by atoms with van der Waals surface area (Å²) in [6, 6.07) is 3.84. The summed E-state index contributed by atoms with van der Waals surface area (Å²) < 4.78 is 30.4. The molecule has 224 valence electrons. The van der Waals surface area contributed by atoms with E-state index in [2.05, 4.69) is 32.4 Å². The molecule has 2 bridgehead atoms. The van der Waals surface area contributed by atoms with Crippen LogP contribution in [0.1, 0.15) is 43.5 Å². The summed E-state index contributed by atoms with van der Waals surface area (Å²) in [5, 5.41) is 11.3. The Morgan fingerprint density at radius 1 is 1.31 bits per heavy atom. The van der Waals surface area contributed by atoms with Gasteiger partial charge in [-0.2, -0.15) is 0 Å². The zero-order chi connectivity index (χ0) is 29.4. The molecule has 8 rings (SSSR count). The fourth-order valence-corrected chi connectivity index (χ4v) is 7.95. The average molecular weight is 645 g/mol. The lowest BCUT2D eigenvalue weighted by molar-refractivity contribution is -0.143. The van der Waals surface area contributed by atoms with Gasteiger partial charge in [0.2, 0.25) is 11.8 Å². The van der Waals surface area contributed by atoms with Crippen LogP contribution in [0.4, 0.5) is 9.18 Å². The van der Waals surface area contributed by atoms with Crippen molar-refractivity contribution in [2.24, 2.45) is 5.92 Å². The molecule has 1 aliphatic carbocycles. The van der Waals surface area contributed by atoms with Crippen LogP contribution < -0.4 is 4.74 Å². The lowest BCUT2D eigenvalue weighted by Gasteiger charge is -2.39. The van der Waals surface area contributed by atoms with Crippen LogP contribution in [0.15, 0.2) is 16.6 Å². The number of benzene rings is 1. The number of likely N-dealkylation sites (tertiary alicyclic amines) is 1. The molecule has 12 heteroatoms. The molecule has 42 heavy (non-hydrogen) atoms. The second kappa shape index (κ2) is 10.3. The molecule has 0 spiro atoms. The van der Waals surface area contributed by atoms with Crippen molar-refractivity contribution in [1.82, 2.24) is 24.3 Å². The van der Waals surface area contributed by atoms with Gasteiger partial charge in [-0.3, -0.25) is 9.69 Å². The fourth-order valence-electron chi connectivity index (χ4n) is 7.65. The summed E-state index contributed by atoms with van der Waals surface area (Å²) in [6.07, 6.45) is 1.77. The Morgan fingerprint density at radius 2 is 2.12 bits per heavy atom. The number of carboxylic acid groups (broad SMARTS) is 1. The fraction of sp³-hybridized carbons (Fsp3) is 0.567. The highest BCUT2D eigenvalue weighted by Gasteiger charge is 2.55. The number of aryl methyl sites for hydroxylation is 1. The van der Waals surface area contributed by atoms with Crippen molar-refractivity contribution in [1.29, 1.82) is 0 Å². The van der Waals surface area contributed by atoms with Crippen molar-refractivity contribution in [3.63, 3.8) is 0 Å². The van der Waals surface area contributed by atoms with Crippen LogP contribution in [0.3, 0.4) is 0 Å². The molecule has 4 saturated heterocycles. The van der Waals surface area contributed by atoms with E-state index in [1.54, 1.807) is 4.90 Å². The first-order chi connectivity index (χ1) is 20.1. The van der Waals surface area contributed by atoms with Crippen molar-refractivity contribution in [3.8, 4) is 5.88 Å². The maximum atomic E-state index is 15.9. The largest absolute Gasteiger partial charge is 0.472 e. The van der Waals surface area contributed by atoms with Crippen molar-refractivity contribution < 1.29 is 28.6 Å². The second-order valence-corrected chi connectivity index (χ2v) is 13.1. The number of hydrogen-bond acceptors (Lipinski definition) is 6. The van der Waals surface area contributed by atoms with Gasteiger partial charge in [-0.25, -0.2) is 14.2 Å². The number of ether oxygens (including phenoxy) is 2. The minimum Gasteiger partial charge on any atom is -0.472 e. The van der Waals surface area contributed by atoms with E-state index in [-0.39, 0.29) is 48.2 Å². The average Bonchev–Trinajstić information content (AvgIpc) is 3.73. The van der Waals surface area contributed by atoms with Crippen LogP contribution >= 0.6 is 15.9 Å². The molecule has 4 aliphatic heterocycles. The third-order valence-corrected chi connectivity index (χ3v) is 10.8. The highest BCUT2D eigenvalue weighted by molar-refractivity contribution is 9.10. The smallest absolute Gasteiger partial charge is 0.407 e. The monoisotopic (exact) mass is 643 g/mol. The summed E-state index contributed by atoms with van der Waals surface area (Å²) in [7, 11) is 2.09. The highest BCUT2D eigenvalue weighted by atomic mass is 79.9. The van der Waals surface area contributed by atoms with Gasteiger partial charge in [0.25, 0.3) is 0 Å². The number of rotatable bonds is 6. The molecular weight excluding hydrogens is 609 g/mol. The van der Waals surface area contributed by atoms with Gasteiger partial charge in [-0.1, -0.05) is 0 Å². The van der Waals surface area contributed by atoms with E-state index >= 15 is 4.39 Å². The minimum absolute atomic E-state index is 0.0331. The van der Waals surface area contributed by atoms with E-state index in [0.717, 1.165) is 48.0 Å². The summed E-state index contributed by atoms with van der Waals surface area (Å²) >= 11 is 3.41. The van der Waals surface area contributed by atoms with Gasteiger partial charge in [0, 0.05) is 36.1 Å². The molecular formula is C30H35BrFN5O5. The molecule has 1 N–H and O–H groups in total. The van der Waals surface area contributed by atoms with Crippen LogP contribution in [0, 0.1) is 18.7 Å². The van der Waals surface area contributed by atoms with Crippen molar-refractivity contribution in [3.05, 3.63) is 33.7 Å². The van der Waals surface area contributed by atoms with Gasteiger partial charge in [0.1, 0.15) is 18.2 Å². The van der Waals surface area contributed by atoms with Crippen LogP contribution in [-0.4, -0.2) is 99.4 Å². The van der Waals surface area contributed by atoms with Crippen molar-refractivity contribution >= 4 is 49.7 Å². The second-order valence-electron chi connectivity index (χ2n) is 12.3. The number of fused-ring (bicyclic) bond motifs is 4. The van der Waals surface area contributed by atoms with Gasteiger partial charge in [0.15, 0.2) is 5.82 Å². The van der Waals surface area contributed by atoms with Gasteiger partial charge >= 0.3 is 6.09 Å². The zero-order valence-electron chi connectivity index (χ0n) is 24.0. The molecule has 1 saturated carbocycles. The lowest BCUT2D eigenvalue weighted by Crippen LogP contribution is -2.44. The lowest BCUT2D eigenvalue weighted by atomic mass is 9.79. The predicted octanol–water partition coefficient (Wildman–Crippen LogP) is 4.54. The van der Waals surface area contributed by atoms with Crippen LogP contribution in [0.5, 0.6) is 5.88 Å². The molecule has 6 heterocycles. The summed E-state index contributed by atoms with van der Waals surface area (Å²) in [4.78, 5) is 35.3. The number of carbonyl (C=O) groups excluding carboxylic acids is 1. The Hall–Kier alpha value is -2.96. The number of morpholine rings is 1. The number of carbonyl (C=O) groups is 2. The van der Waals surface area contributed by atoms with Crippen LogP contribution in [0.2, 0.25) is 0 Å². The van der Waals surface area contributed by atoms with Gasteiger partial charge < -0.3 is 28.9 Å². The molecule has 2 aromatic heterocycles. The van der Waals surface area contributed by atoms with Gasteiger partial charge in [-0.15, -0.1) is 0 Å². The summed E-state index contributed by atoms with van der Waals surface area (Å²) in [5.74, 6) is -0.0651. The molecule has 0 radical (unpaired) electrons. The molecule has 1 aromatic carbocycles. The number of aromatic nitrogens is 2. The first-order valence-electron chi connectivity index (χ1n) is 14.7. The molecule has 10 nitrogen and oxygen atoms in total. The van der Waals surface area contributed by atoms with Crippen LogP contribution in [-0.2, 0) is 16.1 Å². The Bertz CT molecular complexity index is 1610. The topological polar surface area (TPSA) is 100 Å². The van der Waals surface area contributed by atoms with E-state index < -0.39 is 11.9 Å². The predicted molar refractivity (Wildman–Crippen MR) is 157 cm³/mol. The van der Waals surface area contributed by atoms with E-state index in [0.29, 0.717) is 42.0 Å². The van der Waals surface area contributed by atoms with Crippen molar-refractivity contribution in [2.75, 3.05) is 39.9 Å². The van der Waals surface area contributed by atoms with E-state index in [1.165, 1.54) is 4.90 Å². The number of likely N-dealkylation sites (N-methyl/N-ethyl adjacent to an activating group) is 1. The highest BCUT2D eigenvalue weighted by Crippen LogP contribution is 2.52. The van der Waals surface area contributed by atoms with Gasteiger partial charge in [0.05, 0.1) is 40.6 Å². The third-order valence-electron chi connectivity index (χ3n) is 9.83. The standard InChI is InChI=1S/C30H35BrFN5O5/c1-15-9-19-26(25(32)24(15)31)33-29(42-16(2)21-5-4-6-34(21)3)20-11-18(13-35-7-8-41-14-23(35)38)37(28(19)20)27-17-10-22(27)36(12-17)30(39)40/h9,11,16-17,21-22,27H,4-8,10,12-14H2,1-3H3,(H,39,40)/t16?,17-,21+,22-,27+/m1/s1. The van der Waals surface area contributed by atoms with Crippen molar-refractivity contribution in [2.45, 2.75) is 63.9 Å². The molecule has 5 aliphatic rings. The normalized spacial score (nSPS) is 26.8. The summed E-state index contributed by atoms with van der Waals surface area (Å²) in [5.41, 5.74) is 2.58. The number of pyridine rings is 1. The van der Waals surface area contributed by atoms with Gasteiger partial charge in [-0.05, 0) is 80.3 Å². The molecule has 3 aromatic rings. The maximum absolute atomic E-state index is 15.9. The zero-order valence-corrected chi connectivity index (χ0v) is 25.6. The Labute approximate surface area is 251 Å². The molecule has 5 fully saturated rings. The minimum atomic E-state index is -0.928. The number of halogens is 2. The van der Waals surface area contributed by atoms with Crippen LogP contribution in [0.25, 0.3) is 21.8 Å². The first-order valence-corrected chi connectivity index (χ1v) is 15.5.